The van der Waals surface area contributed by atoms with Crippen LogP contribution in [0.2, 0.25) is 0 Å². The number of hydrogen-bond donors (Lipinski definition) is 3. The maximum Gasteiger partial charge on any atom is 0.323 e. The van der Waals surface area contributed by atoms with Gasteiger partial charge in [-0.2, -0.15) is 0 Å². The van der Waals surface area contributed by atoms with Gasteiger partial charge in [-0.15, -0.1) is 0 Å². The fraction of sp³-hybridized carbons (Fsp3) is 0.143. The van der Waals surface area contributed by atoms with Crippen molar-refractivity contribution in [1.29, 1.82) is 0 Å². The van der Waals surface area contributed by atoms with E-state index in [9.17, 15) is 9.59 Å². The number of amides is 1. The van der Waals surface area contributed by atoms with Crippen molar-refractivity contribution in [2.24, 2.45) is 0 Å². The van der Waals surface area contributed by atoms with Crippen molar-refractivity contribution < 1.29 is 4.79 Å². The number of nitrogens with zero attached hydrogens (tertiary/aromatic N) is 1. The predicted molar refractivity (Wildman–Crippen MR) is 106 cm³/mol. The number of anilines is 1. The quantitative estimate of drug-likeness (QED) is 0.520. The normalized spacial score (nSPS) is 11.0. The third-order valence-corrected chi connectivity index (χ3v) is 4.78. The highest BCUT2D eigenvalue weighted by Crippen LogP contribution is 2.20. The molecule has 0 radical (unpaired) electrons. The minimum absolute atomic E-state index is 0.167. The SMILES string of the molecule is Cc1cc(C(=O)Nc2ccc3[nH]c(=O)[nH]c3c2)c(C)n1Cc1ccccc1. The molecule has 136 valence electrons. The number of aryl methyl sites for hydroxylation is 1. The summed E-state index contributed by atoms with van der Waals surface area (Å²) in [4.78, 5) is 29.6. The highest BCUT2D eigenvalue weighted by Gasteiger charge is 2.16. The van der Waals surface area contributed by atoms with E-state index < -0.39 is 0 Å². The van der Waals surface area contributed by atoms with E-state index in [1.165, 1.54) is 5.56 Å². The van der Waals surface area contributed by atoms with E-state index in [0.29, 0.717) is 22.3 Å². The molecule has 0 unspecified atom stereocenters. The molecule has 0 fully saturated rings. The van der Waals surface area contributed by atoms with Gasteiger partial charge < -0.3 is 19.9 Å². The van der Waals surface area contributed by atoms with Crippen LogP contribution in [0.5, 0.6) is 0 Å². The van der Waals surface area contributed by atoms with E-state index >= 15 is 0 Å². The Balaban J connectivity index is 1.59. The molecule has 0 aliphatic rings. The van der Waals surface area contributed by atoms with Crippen molar-refractivity contribution in [2.75, 3.05) is 5.32 Å². The second-order valence-electron chi connectivity index (χ2n) is 6.65. The maximum atomic E-state index is 12.8. The molecule has 0 saturated carbocycles. The monoisotopic (exact) mass is 360 g/mol. The number of carbonyl (C=O) groups is 1. The first-order chi connectivity index (χ1) is 13.0. The van der Waals surface area contributed by atoms with Gasteiger partial charge in [0.25, 0.3) is 5.91 Å². The molecule has 4 rings (SSSR count). The molecular weight excluding hydrogens is 340 g/mol. The van der Waals surface area contributed by atoms with Gasteiger partial charge in [0.05, 0.1) is 16.6 Å². The minimum Gasteiger partial charge on any atom is -0.344 e. The second kappa shape index (κ2) is 6.64. The number of aromatic amines is 2. The first kappa shape index (κ1) is 16.9. The van der Waals surface area contributed by atoms with Gasteiger partial charge in [-0.1, -0.05) is 30.3 Å². The number of H-pyrrole nitrogens is 2. The molecule has 0 atom stereocenters. The molecule has 0 aliphatic carbocycles. The van der Waals surface area contributed by atoms with Gasteiger partial charge in [-0.25, -0.2) is 4.79 Å². The van der Waals surface area contributed by atoms with E-state index in [4.69, 9.17) is 0 Å². The summed E-state index contributed by atoms with van der Waals surface area (Å²) >= 11 is 0. The molecule has 6 heteroatoms. The molecule has 2 aromatic carbocycles. The lowest BCUT2D eigenvalue weighted by molar-refractivity contribution is 0.102. The molecule has 3 N–H and O–H groups in total. The first-order valence-corrected chi connectivity index (χ1v) is 8.75. The van der Waals surface area contributed by atoms with Crippen molar-refractivity contribution in [2.45, 2.75) is 20.4 Å². The number of hydrogen-bond acceptors (Lipinski definition) is 2. The van der Waals surface area contributed by atoms with Gasteiger partial charge in [0.2, 0.25) is 0 Å². The van der Waals surface area contributed by atoms with Crippen LogP contribution in [0.25, 0.3) is 11.0 Å². The summed E-state index contributed by atoms with van der Waals surface area (Å²) < 4.78 is 2.14. The van der Waals surface area contributed by atoms with Gasteiger partial charge in [0, 0.05) is 23.6 Å². The molecule has 4 aromatic rings. The zero-order valence-electron chi connectivity index (χ0n) is 15.2. The Morgan fingerprint density at radius 3 is 2.52 bits per heavy atom. The zero-order chi connectivity index (χ0) is 19.0. The lowest BCUT2D eigenvalue weighted by atomic mass is 10.2. The molecule has 0 aliphatic heterocycles. The lowest BCUT2D eigenvalue weighted by Crippen LogP contribution is -2.13. The molecule has 0 bridgehead atoms. The van der Waals surface area contributed by atoms with Crippen molar-refractivity contribution in [1.82, 2.24) is 14.5 Å². The topological polar surface area (TPSA) is 82.7 Å². The van der Waals surface area contributed by atoms with E-state index in [1.54, 1.807) is 18.2 Å². The lowest BCUT2D eigenvalue weighted by Gasteiger charge is -2.10. The number of imidazole rings is 1. The number of nitrogens with one attached hydrogen (secondary N) is 3. The van der Waals surface area contributed by atoms with Crippen molar-refractivity contribution in [3.8, 4) is 0 Å². The smallest absolute Gasteiger partial charge is 0.323 e. The Morgan fingerprint density at radius 1 is 1.00 bits per heavy atom. The van der Waals surface area contributed by atoms with E-state index in [1.807, 2.05) is 38.1 Å². The van der Waals surface area contributed by atoms with Crippen molar-refractivity contribution in [3.63, 3.8) is 0 Å². The van der Waals surface area contributed by atoms with Crippen LogP contribution in [0.1, 0.15) is 27.3 Å². The summed E-state index contributed by atoms with van der Waals surface area (Å²) in [6, 6.07) is 17.4. The average molecular weight is 360 g/mol. The van der Waals surface area contributed by atoms with Crippen molar-refractivity contribution in [3.05, 3.63) is 87.6 Å². The molecule has 1 amide bonds. The summed E-state index contributed by atoms with van der Waals surface area (Å²) in [5.41, 5.74) is 5.52. The third-order valence-electron chi connectivity index (χ3n) is 4.78. The Labute approximate surface area is 155 Å². The van der Waals surface area contributed by atoms with Crippen LogP contribution in [-0.4, -0.2) is 20.4 Å². The predicted octanol–water partition coefficient (Wildman–Crippen LogP) is 3.58. The summed E-state index contributed by atoms with van der Waals surface area (Å²) in [6.07, 6.45) is 0. The summed E-state index contributed by atoms with van der Waals surface area (Å²) in [5, 5.41) is 2.92. The number of aromatic nitrogens is 3. The van der Waals surface area contributed by atoms with Crippen LogP contribution in [-0.2, 0) is 6.54 Å². The fourth-order valence-electron chi connectivity index (χ4n) is 3.35. The minimum atomic E-state index is -0.266. The zero-order valence-corrected chi connectivity index (χ0v) is 15.2. The summed E-state index contributed by atoms with van der Waals surface area (Å²) in [7, 11) is 0. The highest BCUT2D eigenvalue weighted by atomic mass is 16.2. The molecule has 0 saturated heterocycles. The largest absolute Gasteiger partial charge is 0.344 e. The third kappa shape index (κ3) is 3.29. The van der Waals surface area contributed by atoms with Gasteiger partial charge in [0.1, 0.15) is 0 Å². The van der Waals surface area contributed by atoms with Gasteiger partial charge in [-0.05, 0) is 43.7 Å². The Morgan fingerprint density at radius 2 is 1.74 bits per heavy atom. The van der Waals surface area contributed by atoms with Crippen LogP contribution in [0, 0.1) is 13.8 Å². The molecule has 2 heterocycles. The average Bonchev–Trinajstić information content (AvgIpc) is 3.15. The number of fused-ring (bicyclic) bond motifs is 1. The van der Waals surface area contributed by atoms with E-state index in [0.717, 1.165) is 17.9 Å². The van der Waals surface area contributed by atoms with Crippen LogP contribution < -0.4 is 11.0 Å². The first-order valence-electron chi connectivity index (χ1n) is 8.75. The van der Waals surface area contributed by atoms with Crippen LogP contribution >= 0.6 is 0 Å². The Bertz CT molecular complexity index is 1180. The number of rotatable bonds is 4. The van der Waals surface area contributed by atoms with Gasteiger partial charge in [-0.3, -0.25) is 4.79 Å². The number of carbonyl (C=O) groups excluding carboxylic acids is 1. The van der Waals surface area contributed by atoms with E-state index in [2.05, 4.69) is 32.0 Å². The van der Waals surface area contributed by atoms with Crippen LogP contribution in [0.4, 0.5) is 5.69 Å². The molecule has 0 spiro atoms. The number of benzene rings is 2. The highest BCUT2D eigenvalue weighted by molar-refractivity contribution is 6.06. The molecule has 6 nitrogen and oxygen atoms in total. The van der Waals surface area contributed by atoms with Crippen LogP contribution in [0.15, 0.2) is 59.4 Å². The second-order valence-corrected chi connectivity index (χ2v) is 6.65. The van der Waals surface area contributed by atoms with Gasteiger partial charge >= 0.3 is 5.69 Å². The summed E-state index contributed by atoms with van der Waals surface area (Å²) in [5.74, 6) is -0.167. The Hall–Kier alpha value is -3.54. The van der Waals surface area contributed by atoms with E-state index in [-0.39, 0.29) is 11.6 Å². The fourth-order valence-corrected chi connectivity index (χ4v) is 3.35. The van der Waals surface area contributed by atoms with Crippen molar-refractivity contribution >= 4 is 22.6 Å². The van der Waals surface area contributed by atoms with Gasteiger partial charge in [0.15, 0.2) is 0 Å². The summed E-state index contributed by atoms with van der Waals surface area (Å²) in [6.45, 7) is 4.68. The Kier molecular flexibility index (Phi) is 4.16. The maximum absolute atomic E-state index is 12.8. The standard InChI is InChI=1S/C21H20N4O2/c1-13-10-17(14(2)25(13)12-15-6-4-3-5-7-15)20(26)22-16-8-9-18-19(11-16)24-21(27)23-18/h3-11H,12H2,1-2H3,(H,22,26)(H2,23,24,27). The molecule has 2 aromatic heterocycles. The van der Waals surface area contributed by atoms with Crippen LogP contribution in [0.3, 0.4) is 0 Å². The molecule has 27 heavy (non-hydrogen) atoms. The molecular formula is C21H20N4O2.